The average molecular weight is 415 g/mol. The molecule has 1 fully saturated rings. The van der Waals surface area contributed by atoms with Gasteiger partial charge in [0.2, 0.25) is 0 Å². The molecule has 31 heavy (non-hydrogen) atoms. The average Bonchev–Trinajstić information content (AvgIpc) is 3.12. The second-order valence-corrected chi connectivity index (χ2v) is 8.38. The molecule has 158 valence electrons. The molecule has 0 saturated carbocycles. The summed E-state index contributed by atoms with van der Waals surface area (Å²) in [5.74, 6) is -0.0498. The van der Waals surface area contributed by atoms with Crippen LogP contribution >= 0.6 is 0 Å². The van der Waals surface area contributed by atoms with Crippen LogP contribution in [0.15, 0.2) is 54.6 Å². The van der Waals surface area contributed by atoms with Crippen LogP contribution in [0.1, 0.15) is 44.9 Å². The molecule has 7 heteroatoms. The highest BCUT2D eigenvalue weighted by atomic mass is 16.2. The van der Waals surface area contributed by atoms with Crippen molar-refractivity contribution in [1.29, 1.82) is 0 Å². The smallest absolute Gasteiger partial charge is 0.255 e. The fourth-order valence-corrected chi connectivity index (χ4v) is 4.52. The van der Waals surface area contributed by atoms with Crippen LogP contribution < -0.4 is 10.6 Å². The second-order valence-electron chi connectivity index (χ2n) is 8.38. The van der Waals surface area contributed by atoms with Crippen LogP contribution in [0.25, 0.3) is 5.69 Å². The first-order chi connectivity index (χ1) is 14.9. The van der Waals surface area contributed by atoms with Crippen molar-refractivity contribution < 1.29 is 9.59 Å². The number of carbonyl (C=O) groups excluding carboxylic acids is 2. The van der Waals surface area contributed by atoms with Gasteiger partial charge < -0.3 is 15.5 Å². The maximum atomic E-state index is 13.0. The van der Waals surface area contributed by atoms with Gasteiger partial charge in [-0.2, -0.15) is 5.10 Å². The molecule has 3 heterocycles. The largest absolute Gasteiger partial charge is 0.362 e. The molecule has 0 aliphatic carbocycles. The zero-order chi connectivity index (χ0) is 21.6. The van der Waals surface area contributed by atoms with Crippen molar-refractivity contribution in [1.82, 2.24) is 20.0 Å². The number of amides is 2. The topological polar surface area (TPSA) is 79.3 Å². The molecule has 5 rings (SSSR count). The summed E-state index contributed by atoms with van der Waals surface area (Å²) in [4.78, 5) is 27.4. The summed E-state index contributed by atoms with van der Waals surface area (Å²) in [6, 6.07) is 17.1. The zero-order valence-electron chi connectivity index (χ0n) is 17.7. The van der Waals surface area contributed by atoms with E-state index in [1.54, 1.807) is 0 Å². The van der Waals surface area contributed by atoms with E-state index in [-0.39, 0.29) is 11.8 Å². The SMILES string of the molecule is Cc1cc(C)n(-c2ccc(C(=O)N3CCC4(CC3)NC(=O)c3ccccc3N4)cc2)n1. The highest BCUT2D eigenvalue weighted by Gasteiger charge is 2.40. The lowest BCUT2D eigenvalue weighted by Gasteiger charge is -2.45. The Morgan fingerprint density at radius 1 is 1.00 bits per heavy atom. The Morgan fingerprint density at radius 3 is 2.39 bits per heavy atom. The number of hydrogen-bond donors (Lipinski definition) is 2. The number of fused-ring (bicyclic) bond motifs is 1. The summed E-state index contributed by atoms with van der Waals surface area (Å²) in [6.07, 6.45) is 1.31. The Hall–Kier alpha value is -3.61. The minimum absolute atomic E-state index is 0.0114. The van der Waals surface area contributed by atoms with Crippen molar-refractivity contribution in [3.63, 3.8) is 0 Å². The van der Waals surface area contributed by atoms with E-state index in [1.807, 2.05) is 78.0 Å². The van der Waals surface area contributed by atoms with Crippen LogP contribution in [0.3, 0.4) is 0 Å². The van der Waals surface area contributed by atoms with E-state index in [0.717, 1.165) is 22.8 Å². The maximum Gasteiger partial charge on any atom is 0.255 e. The lowest BCUT2D eigenvalue weighted by Crippen LogP contribution is -2.62. The first-order valence-corrected chi connectivity index (χ1v) is 10.6. The number of rotatable bonds is 2. The molecule has 0 atom stereocenters. The molecule has 2 N–H and O–H groups in total. The number of nitrogens with zero attached hydrogens (tertiary/aromatic N) is 3. The van der Waals surface area contributed by atoms with Gasteiger partial charge in [-0.3, -0.25) is 9.59 Å². The number of nitrogens with one attached hydrogen (secondary N) is 2. The molecule has 2 aliphatic heterocycles. The van der Waals surface area contributed by atoms with E-state index >= 15 is 0 Å². The van der Waals surface area contributed by atoms with Gasteiger partial charge in [-0.25, -0.2) is 4.68 Å². The summed E-state index contributed by atoms with van der Waals surface area (Å²) in [6.45, 7) is 5.13. The third-order valence-corrected chi connectivity index (χ3v) is 6.17. The number of anilines is 1. The summed E-state index contributed by atoms with van der Waals surface area (Å²) in [5, 5.41) is 11.1. The molecule has 2 amide bonds. The van der Waals surface area contributed by atoms with Gasteiger partial charge in [0, 0.05) is 42.9 Å². The van der Waals surface area contributed by atoms with Crippen molar-refractivity contribution in [2.45, 2.75) is 32.4 Å². The first-order valence-electron chi connectivity index (χ1n) is 10.6. The van der Waals surface area contributed by atoms with Crippen molar-refractivity contribution in [3.8, 4) is 5.69 Å². The molecule has 0 unspecified atom stereocenters. The van der Waals surface area contributed by atoms with Crippen LogP contribution in [0, 0.1) is 13.8 Å². The molecular formula is C24H25N5O2. The van der Waals surface area contributed by atoms with Crippen LogP contribution in [-0.4, -0.2) is 45.2 Å². The molecule has 1 spiro atoms. The van der Waals surface area contributed by atoms with Gasteiger partial charge in [-0.1, -0.05) is 12.1 Å². The van der Waals surface area contributed by atoms with E-state index in [9.17, 15) is 9.59 Å². The Bertz CT molecular complexity index is 1160. The van der Waals surface area contributed by atoms with Crippen molar-refractivity contribution in [2.24, 2.45) is 0 Å². The van der Waals surface area contributed by atoms with Crippen LogP contribution in [0.2, 0.25) is 0 Å². The van der Waals surface area contributed by atoms with E-state index < -0.39 is 5.66 Å². The van der Waals surface area contributed by atoms with Crippen molar-refractivity contribution >= 4 is 17.5 Å². The molecule has 3 aromatic rings. The predicted molar refractivity (Wildman–Crippen MR) is 118 cm³/mol. The Balaban J connectivity index is 1.27. The monoisotopic (exact) mass is 415 g/mol. The molecule has 7 nitrogen and oxygen atoms in total. The standard InChI is InChI=1S/C24H25N5O2/c1-16-15-17(2)29(27-16)19-9-7-18(8-10-19)23(31)28-13-11-24(12-14-28)25-21-6-4-3-5-20(21)22(30)26-24/h3-10,15,25H,11-14H2,1-2H3,(H,26,30). The third kappa shape index (κ3) is 3.46. The fraction of sp³-hybridized carbons (Fsp3) is 0.292. The lowest BCUT2D eigenvalue weighted by atomic mass is 9.92. The summed E-state index contributed by atoms with van der Waals surface area (Å²) in [7, 11) is 0. The molecule has 1 saturated heterocycles. The fourth-order valence-electron chi connectivity index (χ4n) is 4.52. The van der Waals surface area contributed by atoms with Crippen LogP contribution in [0.5, 0.6) is 0 Å². The number of aryl methyl sites for hydroxylation is 2. The van der Waals surface area contributed by atoms with Crippen molar-refractivity contribution in [2.75, 3.05) is 18.4 Å². The highest BCUT2D eigenvalue weighted by Crippen LogP contribution is 2.31. The molecule has 0 radical (unpaired) electrons. The number of carbonyl (C=O) groups is 2. The Kier molecular flexibility index (Phi) is 4.54. The van der Waals surface area contributed by atoms with Crippen LogP contribution in [-0.2, 0) is 0 Å². The summed E-state index contributed by atoms with van der Waals surface area (Å²) < 4.78 is 1.88. The summed E-state index contributed by atoms with van der Waals surface area (Å²) >= 11 is 0. The number of aromatic nitrogens is 2. The quantitative estimate of drug-likeness (QED) is 0.673. The molecule has 2 aliphatic rings. The molecule has 0 bridgehead atoms. The first kappa shape index (κ1) is 19.4. The van der Waals surface area contributed by atoms with E-state index in [2.05, 4.69) is 15.7 Å². The predicted octanol–water partition coefficient (Wildman–Crippen LogP) is 3.28. The van der Waals surface area contributed by atoms with Gasteiger partial charge in [-0.15, -0.1) is 0 Å². The lowest BCUT2D eigenvalue weighted by molar-refractivity contribution is 0.0639. The number of para-hydroxylation sites is 1. The molecule has 2 aromatic carbocycles. The second kappa shape index (κ2) is 7.27. The van der Waals surface area contributed by atoms with Gasteiger partial charge >= 0.3 is 0 Å². The van der Waals surface area contributed by atoms with Gasteiger partial charge in [-0.05, 0) is 56.3 Å². The van der Waals surface area contributed by atoms with Gasteiger partial charge in [0.1, 0.15) is 5.66 Å². The number of piperidine rings is 1. The van der Waals surface area contributed by atoms with Gasteiger partial charge in [0.15, 0.2) is 0 Å². The van der Waals surface area contributed by atoms with Crippen molar-refractivity contribution in [3.05, 3.63) is 77.1 Å². The number of hydrogen-bond acceptors (Lipinski definition) is 4. The van der Waals surface area contributed by atoms with E-state index in [1.165, 1.54) is 0 Å². The Labute approximate surface area is 181 Å². The van der Waals surface area contributed by atoms with E-state index in [0.29, 0.717) is 37.1 Å². The zero-order valence-corrected chi connectivity index (χ0v) is 17.7. The van der Waals surface area contributed by atoms with Gasteiger partial charge in [0.25, 0.3) is 11.8 Å². The minimum Gasteiger partial charge on any atom is -0.362 e. The summed E-state index contributed by atoms with van der Waals surface area (Å²) in [5.41, 5.74) is 4.63. The maximum absolute atomic E-state index is 13.0. The van der Waals surface area contributed by atoms with Crippen LogP contribution in [0.4, 0.5) is 5.69 Å². The normalized spacial score (nSPS) is 17.1. The highest BCUT2D eigenvalue weighted by molar-refractivity contribution is 6.02. The Morgan fingerprint density at radius 2 is 1.71 bits per heavy atom. The number of likely N-dealkylation sites (tertiary alicyclic amines) is 1. The molecular weight excluding hydrogens is 390 g/mol. The number of benzene rings is 2. The third-order valence-electron chi connectivity index (χ3n) is 6.17. The van der Waals surface area contributed by atoms with Gasteiger partial charge in [0.05, 0.1) is 16.9 Å². The minimum atomic E-state index is -0.498. The molecule has 1 aromatic heterocycles. The van der Waals surface area contributed by atoms with E-state index in [4.69, 9.17) is 0 Å².